The summed E-state index contributed by atoms with van der Waals surface area (Å²) in [7, 11) is -3.75. The topological polar surface area (TPSA) is 115 Å². The number of anilines is 1. The van der Waals surface area contributed by atoms with Gasteiger partial charge in [0.2, 0.25) is 19.5 Å². The first-order valence-electron chi connectivity index (χ1n) is 4.79. The van der Waals surface area contributed by atoms with Gasteiger partial charge in [0.25, 0.3) is 5.91 Å². The molecule has 0 saturated carbocycles. The number of amides is 1. The molecule has 1 aromatic carbocycles. The van der Waals surface area contributed by atoms with Gasteiger partial charge in [-0.15, -0.1) is 10.2 Å². The number of carbonyl (C=O) groups excluding carboxylic acids is 1. The van der Waals surface area contributed by atoms with Crippen LogP contribution in [0.4, 0.5) is 5.69 Å². The normalized spacial score (nSPS) is 11.3. The van der Waals surface area contributed by atoms with Crippen LogP contribution < -0.4 is 10.5 Å². The van der Waals surface area contributed by atoms with Crippen molar-refractivity contribution >= 4 is 44.6 Å². The molecular formula is C9H7ClN4O3S2. The van der Waals surface area contributed by atoms with Crippen LogP contribution in [0.3, 0.4) is 0 Å². The average molecular weight is 319 g/mol. The third-order valence-corrected chi connectivity index (χ3v) is 3.98. The molecule has 1 heterocycles. The van der Waals surface area contributed by atoms with Crippen molar-refractivity contribution < 1.29 is 13.2 Å². The van der Waals surface area contributed by atoms with E-state index >= 15 is 0 Å². The van der Waals surface area contributed by atoms with Gasteiger partial charge in [0.1, 0.15) is 0 Å². The van der Waals surface area contributed by atoms with Crippen LogP contribution in [0.2, 0.25) is 4.47 Å². The molecule has 2 rings (SSSR count). The van der Waals surface area contributed by atoms with Crippen molar-refractivity contribution in [2.45, 2.75) is 4.90 Å². The van der Waals surface area contributed by atoms with E-state index in [0.29, 0.717) is 5.69 Å². The van der Waals surface area contributed by atoms with Gasteiger partial charge < -0.3 is 5.32 Å². The lowest BCUT2D eigenvalue weighted by molar-refractivity contribution is 0.102. The number of primary sulfonamides is 1. The first kappa shape index (κ1) is 13.9. The Labute approximate surface area is 117 Å². The number of halogens is 1. The Morgan fingerprint density at radius 3 is 2.37 bits per heavy atom. The molecule has 0 unspecified atom stereocenters. The van der Waals surface area contributed by atoms with Gasteiger partial charge in [-0.2, -0.15) is 0 Å². The Morgan fingerprint density at radius 1 is 1.26 bits per heavy atom. The summed E-state index contributed by atoms with van der Waals surface area (Å²) >= 11 is 6.50. The van der Waals surface area contributed by atoms with E-state index in [0.717, 1.165) is 11.3 Å². The molecule has 0 aliphatic heterocycles. The van der Waals surface area contributed by atoms with Gasteiger partial charge >= 0.3 is 0 Å². The van der Waals surface area contributed by atoms with Gasteiger partial charge in [0, 0.05) is 5.69 Å². The Balaban J connectivity index is 2.14. The lowest BCUT2D eigenvalue weighted by Crippen LogP contribution is -2.13. The lowest BCUT2D eigenvalue weighted by atomic mass is 10.3. The summed E-state index contributed by atoms with van der Waals surface area (Å²) in [5.74, 6) is -0.479. The molecule has 0 spiro atoms. The highest BCUT2D eigenvalue weighted by molar-refractivity contribution is 7.89. The highest BCUT2D eigenvalue weighted by Gasteiger charge is 2.13. The van der Waals surface area contributed by atoms with Gasteiger partial charge in [-0.3, -0.25) is 4.79 Å². The molecule has 1 amide bonds. The minimum Gasteiger partial charge on any atom is -0.320 e. The Bertz CT molecular complexity index is 711. The minimum absolute atomic E-state index is 0.0375. The number of carbonyl (C=O) groups is 1. The number of nitrogens with two attached hydrogens (primary N) is 1. The molecule has 7 nitrogen and oxygen atoms in total. The maximum Gasteiger partial charge on any atom is 0.286 e. The summed E-state index contributed by atoms with van der Waals surface area (Å²) in [6.07, 6.45) is 0. The van der Waals surface area contributed by atoms with E-state index in [1.807, 2.05) is 0 Å². The number of hydrogen-bond donors (Lipinski definition) is 2. The zero-order chi connectivity index (χ0) is 14.0. The second-order valence-corrected chi connectivity index (χ2v) is 6.50. The van der Waals surface area contributed by atoms with E-state index in [4.69, 9.17) is 16.7 Å². The number of benzene rings is 1. The van der Waals surface area contributed by atoms with Crippen molar-refractivity contribution in [3.63, 3.8) is 0 Å². The number of sulfonamides is 1. The summed E-state index contributed by atoms with van der Waals surface area (Å²) in [6, 6.07) is 5.41. The molecule has 0 saturated heterocycles. The molecule has 0 bridgehead atoms. The third kappa shape index (κ3) is 3.47. The summed E-state index contributed by atoms with van der Waals surface area (Å²) in [5, 5.41) is 14.7. The van der Waals surface area contributed by atoms with Crippen molar-refractivity contribution in [2.24, 2.45) is 5.14 Å². The predicted molar refractivity (Wildman–Crippen MR) is 70.7 cm³/mol. The summed E-state index contributed by atoms with van der Waals surface area (Å²) in [6.45, 7) is 0. The van der Waals surface area contributed by atoms with Crippen LogP contribution in [-0.4, -0.2) is 24.5 Å². The summed E-state index contributed by atoms with van der Waals surface area (Å²) in [4.78, 5) is 11.7. The van der Waals surface area contributed by atoms with Crippen LogP contribution in [0.15, 0.2) is 29.2 Å². The zero-order valence-corrected chi connectivity index (χ0v) is 11.6. The Morgan fingerprint density at radius 2 is 1.89 bits per heavy atom. The molecular weight excluding hydrogens is 312 g/mol. The van der Waals surface area contributed by atoms with Crippen molar-refractivity contribution in [2.75, 3.05) is 5.32 Å². The Kier molecular flexibility index (Phi) is 3.80. The molecule has 2 aromatic rings. The number of hydrogen-bond acceptors (Lipinski definition) is 6. The molecule has 0 fully saturated rings. The van der Waals surface area contributed by atoms with E-state index in [-0.39, 0.29) is 14.4 Å². The molecule has 0 aliphatic carbocycles. The van der Waals surface area contributed by atoms with Crippen LogP contribution in [0.1, 0.15) is 9.80 Å². The number of nitrogens with zero attached hydrogens (tertiary/aromatic N) is 2. The average Bonchev–Trinajstić information content (AvgIpc) is 2.75. The monoisotopic (exact) mass is 318 g/mol. The third-order valence-electron chi connectivity index (χ3n) is 2.04. The van der Waals surface area contributed by atoms with Gasteiger partial charge in [0.15, 0.2) is 0 Å². The van der Waals surface area contributed by atoms with Crippen LogP contribution in [0.25, 0.3) is 0 Å². The zero-order valence-electron chi connectivity index (χ0n) is 9.20. The van der Waals surface area contributed by atoms with Crippen LogP contribution in [0, 0.1) is 0 Å². The van der Waals surface area contributed by atoms with Crippen molar-refractivity contribution in [1.29, 1.82) is 0 Å². The van der Waals surface area contributed by atoms with Crippen molar-refractivity contribution in [3.8, 4) is 0 Å². The fourth-order valence-corrected chi connectivity index (χ4v) is 2.45. The first-order valence-corrected chi connectivity index (χ1v) is 7.53. The maximum absolute atomic E-state index is 11.7. The molecule has 100 valence electrons. The van der Waals surface area contributed by atoms with Gasteiger partial charge in [-0.05, 0) is 35.9 Å². The molecule has 0 radical (unpaired) electrons. The van der Waals surface area contributed by atoms with E-state index in [1.54, 1.807) is 0 Å². The second-order valence-electron chi connectivity index (χ2n) is 3.38. The number of aromatic nitrogens is 2. The van der Waals surface area contributed by atoms with E-state index < -0.39 is 15.9 Å². The van der Waals surface area contributed by atoms with Gasteiger partial charge in [0.05, 0.1) is 4.90 Å². The van der Waals surface area contributed by atoms with Crippen LogP contribution in [0.5, 0.6) is 0 Å². The quantitative estimate of drug-likeness (QED) is 0.879. The molecule has 0 atom stereocenters. The Hall–Kier alpha value is -1.55. The molecule has 19 heavy (non-hydrogen) atoms. The smallest absolute Gasteiger partial charge is 0.286 e. The highest BCUT2D eigenvalue weighted by atomic mass is 35.5. The maximum atomic E-state index is 11.7. The summed E-state index contributed by atoms with van der Waals surface area (Å²) < 4.78 is 22.3. The number of nitrogens with one attached hydrogen (secondary N) is 1. The molecule has 1 aromatic heterocycles. The fraction of sp³-hybridized carbons (Fsp3) is 0. The second kappa shape index (κ2) is 5.21. The molecule has 3 N–H and O–H groups in total. The van der Waals surface area contributed by atoms with Gasteiger partial charge in [-0.25, -0.2) is 13.6 Å². The molecule has 0 aliphatic rings. The van der Waals surface area contributed by atoms with Crippen molar-refractivity contribution in [3.05, 3.63) is 33.7 Å². The minimum atomic E-state index is -3.75. The SMILES string of the molecule is NS(=O)(=O)c1ccc(NC(=O)c2nnc(Cl)s2)cc1. The molecule has 10 heteroatoms. The van der Waals surface area contributed by atoms with Crippen LogP contribution in [-0.2, 0) is 10.0 Å². The van der Waals surface area contributed by atoms with Gasteiger partial charge in [-0.1, -0.05) is 11.3 Å². The van der Waals surface area contributed by atoms with E-state index in [2.05, 4.69) is 15.5 Å². The number of rotatable bonds is 3. The highest BCUT2D eigenvalue weighted by Crippen LogP contribution is 2.17. The van der Waals surface area contributed by atoms with Crippen molar-refractivity contribution in [1.82, 2.24) is 10.2 Å². The standard InChI is InChI=1S/C9H7ClN4O3S2/c10-9-14-13-8(18-9)7(15)12-5-1-3-6(4-2-5)19(11,16)17/h1-4H,(H,12,15)(H2,11,16,17). The summed E-state index contributed by atoms with van der Waals surface area (Å²) in [5.41, 5.74) is 0.406. The largest absolute Gasteiger partial charge is 0.320 e. The van der Waals surface area contributed by atoms with E-state index in [9.17, 15) is 13.2 Å². The lowest BCUT2D eigenvalue weighted by Gasteiger charge is -2.03. The van der Waals surface area contributed by atoms with E-state index in [1.165, 1.54) is 24.3 Å². The van der Waals surface area contributed by atoms with Crippen LogP contribution >= 0.6 is 22.9 Å². The fourth-order valence-electron chi connectivity index (χ4n) is 1.21. The first-order chi connectivity index (χ1) is 8.86. The predicted octanol–water partition coefficient (Wildman–Crippen LogP) is 1.09.